The molecular formula is C14H17Cl2NO3. The van der Waals surface area contributed by atoms with Crippen molar-refractivity contribution in [3.8, 4) is 0 Å². The lowest BCUT2D eigenvalue weighted by molar-refractivity contribution is -0.123. The minimum atomic E-state index is -0.834. The number of halogens is 2. The molecule has 2 unspecified atom stereocenters. The molecule has 0 aliphatic carbocycles. The van der Waals surface area contributed by atoms with Crippen LogP contribution in [0.25, 0.3) is 0 Å². The molecule has 1 fully saturated rings. The quantitative estimate of drug-likeness (QED) is 0.877. The minimum absolute atomic E-state index is 0.00718. The molecule has 1 aromatic carbocycles. The Bertz CT molecular complexity index is 455. The third-order valence-electron chi connectivity index (χ3n) is 3.20. The van der Waals surface area contributed by atoms with Gasteiger partial charge in [0.1, 0.15) is 0 Å². The lowest BCUT2D eigenvalue weighted by Gasteiger charge is -2.14. The first-order valence-electron chi connectivity index (χ1n) is 6.57. The summed E-state index contributed by atoms with van der Waals surface area (Å²) in [5, 5.41) is 13.6. The topological polar surface area (TPSA) is 58.6 Å². The van der Waals surface area contributed by atoms with Crippen LogP contribution in [-0.4, -0.2) is 30.3 Å². The van der Waals surface area contributed by atoms with Gasteiger partial charge in [0.2, 0.25) is 5.91 Å². The summed E-state index contributed by atoms with van der Waals surface area (Å²) in [5.41, 5.74) is 0.583. The van der Waals surface area contributed by atoms with Gasteiger partial charge in [-0.25, -0.2) is 0 Å². The average molecular weight is 318 g/mol. The molecule has 0 spiro atoms. The molecular weight excluding hydrogens is 301 g/mol. The third kappa shape index (κ3) is 4.63. The van der Waals surface area contributed by atoms with Gasteiger partial charge >= 0.3 is 0 Å². The summed E-state index contributed by atoms with van der Waals surface area (Å²) in [6.07, 6.45) is 1.43. The molecule has 1 aliphatic heterocycles. The summed E-state index contributed by atoms with van der Waals surface area (Å²) >= 11 is 11.7. The Kier molecular flexibility index (Phi) is 5.66. The van der Waals surface area contributed by atoms with Crippen LogP contribution in [-0.2, 0) is 9.53 Å². The van der Waals surface area contributed by atoms with Crippen LogP contribution in [0.4, 0.5) is 0 Å². The number of aliphatic hydroxyl groups excluding tert-OH is 1. The van der Waals surface area contributed by atoms with E-state index in [4.69, 9.17) is 27.9 Å². The highest BCUT2D eigenvalue weighted by Gasteiger charge is 2.19. The second-order valence-electron chi connectivity index (χ2n) is 4.86. The first-order valence-corrected chi connectivity index (χ1v) is 7.32. The van der Waals surface area contributed by atoms with Crippen molar-refractivity contribution < 1.29 is 14.6 Å². The molecule has 0 bridgehead atoms. The highest BCUT2D eigenvalue weighted by atomic mass is 35.5. The Hall–Kier alpha value is -0.810. The van der Waals surface area contributed by atoms with Crippen LogP contribution in [0, 0.1) is 0 Å². The van der Waals surface area contributed by atoms with E-state index in [0.29, 0.717) is 22.0 Å². The highest BCUT2D eigenvalue weighted by Crippen LogP contribution is 2.23. The first kappa shape index (κ1) is 15.6. The summed E-state index contributed by atoms with van der Waals surface area (Å²) in [5.74, 6) is -0.121. The fourth-order valence-electron chi connectivity index (χ4n) is 2.18. The number of amides is 1. The molecule has 1 saturated heterocycles. The van der Waals surface area contributed by atoms with E-state index in [9.17, 15) is 9.90 Å². The predicted molar refractivity (Wildman–Crippen MR) is 78.0 cm³/mol. The van der Waals surface area contributed by atoms with Crippen molar-refractivity contribution in [2.45, 2.75) is 31.5 Å². The van der Waals surface area contributed by atoms with Gasteiger partial charge in [0, 0.05) is 23.2 Å². The second kappa shape index (κ2) is 7.27. The maximum atomic E-state index is 11.7. The largest absolute Gasteiger partial charge is 0.387 e. The van der Waals surface area contributed by atoms with E-state index < -0.39 is 6.10 Å². The van der Waals surface area contributed by atoms with Crippen LogP contribution in [0.2, 0.25) is 10.0 Å². The van der Waals surface area contributed by atoms with Crippen LogP contribution < -0.4 is 5.32 Å². The highest BCUT2D eigenvalue weighted by molar-refractivity contribution is 6.34. The molecule has 1 amide bonds. The van der Waals surface area contributed by atoms with Crippen LogP contribution in [0.15, 0.2) is 18.2 Å². The van der Waals surface area contributed by atoms with E-state index in [-0.39, 0.29) is 18.6 Å². The van der Waals surface area contributed by atoms with E-state index >= 15 is 0 Å². The molecule has 2 atom stereocenters. The van der Waals surface area contributed by atoms with Crippen molar-refractivity contribution >= 4 is 29.1 Å². The number of aliphatic hydroxyl groups is 1. The Balaban J connectivity index is 1.81. The predicted octanol–water partition coefficient (Wildman–Crippen LogP) is 2.71. The van der Waals surface area contributed by atoms with Crippen molar-refractivity contribution in [1.82, 2.24) is 5.32 Å². The van der Waals surface area contributed by atoms with Gasteiger partial charge < -0.3 is 15.2 Å². The molecule has 1 aromatic rings. The molecule has 1 heterocycles. The van der Waals surface area contributed by atoms with Crippen molar-refractivity contribution in [2.24, 2.45) is 0 Å². The van der Waals surface area contributed by atoms with Gasteiger partial charge in [-0.3, -0.25) is 4.79 Å². The molecule has 20 heavy (non-hydrogen) atoms. The number of benzene rings is 1. The smallest absolute Gasteiger partial charge is 0.222 e. The molecule has 2 rings (SSSR count). The van der Waals surface area contributed by atoms with Crippen molar-refractivity contribution in [2.75, 3.05) is 13.2 Å². The van der Waals surface area contributed by atoms with Gasteiger partial charge in [-0.1, -0.05) is 23.2 Å². The van der Waals surface area contributed by atoms with Gasteiger partial charge in [-0.2, -0.15) is 0 Å². The van der Waals surface area contributed by atoms with E-state index in [1.165, 1.54) is 0 Å². The Morgan fingerprint density at radius 1 is 1.40 bits per heavy atom. The minimum Gasteiger partial charge on any atom is -0.387 e. The van der Waals surface area contributed by atoms with Crippen LogP contribution in [0.5, 0.6) is 0 Å². The Morgan fingerprint density at radius 3 is 2.70 bits per heavy atom. The number of rotatable bonds is 5. The van der Waals surface area contributed by atoms with E-state index in [0.717, 1.165) is 19.4 Å². The van der Waals surface area contributed by atoms with Crippen molar-refractivity contribution in [3.63, 3.8) is 0 Å². The number of hydrogen-bond donors (Lipinski definition) is 2. The Morgan fingerprint density at radius 2 is 2.10 bits per heavy atom. The zero-order chi connectivity index (χ0) is 14.5. The second-order valence-corrected chi connectivity index (χ2v) is 5.73. The Labute approximate surface area is 128 Å². The number of carbonyl (C=O) groups is 1. The van der Waals surface area contributed by atoms with Gasteiger partial charge in [-0.05, 0) is 36.6 Å². The van der Waals surface area contributed by atoms with Crippen LogP contribution in [0.3, 0.4) is 0 Å². The molecule has 2 N–H and O–H groups in total. The lowest BCUT2D eigenvalue weighted by Crippen LogP contribution is -2.31. The van der Waals surface area contributed by atoms with Gasteiger partial charge in [-0.15, -0.1) is 0 Å². The summed E-state index contributed by atoms with van der Waals surface area (Å²) in [6, 6.07) is 4.85. The molecule has 4 nitrogen and oxygen atoms in total. The SMILES string of the molecule is O=C(CC1CCCO1)NCC(O)c1cc(Cl)cc(Cl)c1. The van der Waals surface area contributed by atoms with Crippen molar-refractivity contribution in [3.05, 3.63) is 33.8 Å². The monoisotopic (exact) mass is 317 g/mol. The third-order valence-corrected chi connectivity index (χ3v) is 3.64. The summed E-state index contributed by atoms with van der Waals surface area (Å²) in [4.78, 5) is 11.7. The molecule has 0 radical (unpaired) electrons. The number of carbonyl (C=O) groups excluding carboxylic acids is 1. The molecule has 6 heteroatoms. The number of nitrogens with one attached hydrogen (secondary N) is 1. The molecule has 0 saturated carbocycles. The van der Waals surface area contributed by atoms with Crippen LogP contribution >= 0.6 is 23.2 Å². The first-order chi connectivity index (χ1) is 9.54. The summed E-state index contributed by atoms with van der Waals surface area (Å²) in [6.45, 7) is 0.851. The maximum absolute atomic E-state index is 11.7. The summed E-state index contributed by atoms with van der Waals surface area (Å²) < 4.78 is 5.39. The van der Waals surface area contributed by atoms with Gasteiger partial charge in [0.15, 0.2) is 0 Å². The van der Waals surface area contributed by atoms with Crippen molar-refractivity contribution in [1.29, 1.82) is 0 Å². The van der Waals surface area contributed by atoms with Gasteiger partial charge in [0.25, 0.3) is 0 Å². The zero-order valence-electron chi connectivity index (χ0n) is 10.9. The standard InChI is InChI=1S/C14H17Cl2NO3/c15-10-4-9(5-11(16)6-10)13(18)8-17-14(19)7-12-2-1-3-20-12/h4-6,12-13,18H,1-3,7-8H2,(H,17,19). The average Bonchev–Trinajstić information content (AvgIpc) is 2.87. The molecule has 0 aromatic heterocycles. The number of hydrogen-bond acceptors (Lipinski definition) is 3. The molecule has 110 valence electrons. The zero-order valence-corrected chi connectivity index (χ0v) is 12.5. The fraction of sp³-hybridized carbons (Fsp3) is 0.500. The van der Waals surface area contributed by atoms with Crippen LogP contribution in [0.1, 0.15) is 30.9 Å². The van der Waals surface area contributed by atoms with Gasteiger partial charge in [0.05, 0.1) is 18.6 Å². The van der Waals surface area contributed by atoms with E-state index in [1.54, 1.807) is 18.2 Å². The van der Waals surface area contributed by atoms with E-state index in [2.05, 4.69) is 5.32 Å². The number of ether oxygens (including phenoxy) is 1. The molecule has 1 aliphatic rings. The fourth-order valence-corrected chi connectivity index (χ4v) is 2.72. The summed E-state index contributed by atoms with van der Waals surface area (Å²) in [7, 11) is 0. The maximum Gasteiger partial charge on any atom is 0.222 e. The van der Waals surface area contributed by atoms with E-state index in [1.807, 2.05) is 0 Å². The lowest BCUT2D eigenvalue weighted by atomic mass is 10.1. The normalized spacial score (nSPS) is 19.9.